The van der Waals surface area contributed by atoms with Crippen LogP contribution in [0.4, 0.5) is 11.5 Å². The van der Waals surface area contributed by atoms with Gasteiger partial charge in [0, 0.05) is 23.6 Å². The molecule has 0 radical (unpaired) electrons. The molecule has 0 aliphatic carbocycles. The molecule has 1 unspecified atom stereocenters. The van der Waals surface area contributed by atoms with Crippen LogP contribution in [0.25, 0.3) is 0 Å². The number of non-ortho nitro benzene ring substituents is 1. The third kappa shape index (κ3) is 5.10. The predicted octanol–water partition coefficient (Wildman–Crippen LogP) is 4.37. The van der Waals surface area contributed by atoms with Crippen molar-refractivity contribution in [3.8, 4) is 5.75 Å². The Labute approximate surface area is 210 Å². The van der Waals surface area contributed by atoms with Crippen molar-refractivity contribution in [1.82, 2.24) is 9.97 Å². The van der Waals surface area contributed by atoms with Crippen LogP contribution in [0.1, 0.15) is 36.5 Å². The number of hydrogen-bond donors (Lipinski definition) is 2. The van der Waals surface area contributed by atoms with Gasteiger partial charge in [-0.3, -0.25) is 14.9 Å². The van der Waals surface area contributed by atoms with Gasteiger partial charge in [-0.05, 0) is 37.1 Å². The second-order valence-corrected chi connectivity index (χ2v) is 8.90. The molecule has 0 bridgehead atoms. The fourth-order valence-corrected chi connectivity index (χ4v) is 4.79. The maximum atomic E-state index is 13.3. The zero-order chi connectivity index (χ0) is 25.8. The number of fused-ring (bicyclic) bond motifs is 1. The van der Waals surface area contributed by atoms with E-state index >= 15 is 0 Å². The van der Waals surface area contributed by atoms with Crippen molar-refractivity contribution in [2.24, 2.45) is 0 Å². The Morgan fingerprint density at radius 1 is 1.17 bits per heavy atom. The number of nitro benzene ring substituents is 1. The predicted molar refractivity (Wildman–Crippen MR) is 135 cm³/mol. The lowest BCUT2D eigenvalue weighted by Gasteiger charge is -2.28. The quantitative estimate of drug-likeness (QED) is 0.149. The summed E-state index contributed by atoms with van der Waals surface area (Å²) in [5.41, 5.74) is 2.40. The van der Waals surface area contributed by atoms with Crippen molar-refractivity contribution in [3.05, 3.63) is 97.0 Å². The summed E-state index contributed by atoms with van der Waals surface area (Å²) >= 11 is 1.29. The van der Waals surface area contributed by atoms with E-state index in [0.717, 1.165) is 11.1 Å². The number of H-pyrrole nitrogens is 1. The Kier molecular flexibility index (Phi) is 7.39. The van der Waals surface area contributed by atoms with Gasteiger partial charge in [0.25, 0.3) is 11.2 Å². The Hall–Kier alpha value is -4.12. The van der Waals surface area contributed by atoms with Gasteiger partial charge in [-0.2, -0.15) is 0 Å². The first-order chi connectivity index (χ1) is 17.3. The number of nitrogens with one attached hydrogen (secondary N) is 2. The van der Waals surface area contributed by atoms with Crippen molar-refractivity contribution in [2.75, 3.05) is 19.0 Å². The number of methoxy groups -OCH3 is 1. The number of allylic oxidation sites excluding steroid dienone is 1. The van der Waals surface area contributed by atoms with Crippen molar-refractivity contribution in [3.63, 3.8) is 0 Å². The molecule has 11 heteroatoms. The summed E-state index contributed by atoms with van der Waals surface area (Å²) in [7, 11) is 1.56. The van der Waals surface area contributed by atoms with Gasteiger partial charge in [0.2, 0.25) is 0 Å². The molecule has 0 saturated heterocycles. The molecular formula is C25H24N4O6S. The van der Waals surface area contributed by atoms with Gasteiger partial charge in [0.1, 0.15) is 11.6 Å². The summed E-state index contributed by atoms with van der Waals surface area (Å²) in [5.74, 6) is 0.263. The average Bonchev–Trinajstić information content (AvgIpc) is 2.87. The number of rotatable bonds is 8. The van der Waals surface area contributed by atoms with Gasteiger partial charge in [0.15, 0.2) is 5.16 Å². The van der Waals surface area contributed by atoms with E-state index < -0.39 is 16.8 Å². The highest BCUT2D eigenvalue weighted by molar-refractivity contribution is 7.98. The van der Waals surface area contributed by atoms with Crippen LogP contribution in [-0.4, -0.2) is 34.6 Å². The van der Waals surface area contributed by atoms with Crippen molar-refractivity contribution < 1.29 is 19.2 Å². The third-order valence-corrected chi connectivity index (χ3v) is 6.63. The number of carbonyl (C=O) groups excluding carboxylic acids is 1. The van der Waals surface area contributed by atoms with E-state index in [0.29, 0.717) is 39.3 Å². The summed E-state index contributed by atoms with van der Waals surface area (Å²) in [4.78, 5) is 44.1. The van der Waals surface area contributed by atoms with Crippen LogP contribution in [0, 0.1) is 10.1 Å². The molecule has 1 aliphatic heterocycles. The molecule has 3 aromatic rings. The van der Waals surface area contributed by atoms with Gasteiger partial charge in [-0.15, -0.1) is 0 Å². The topological polar surface area (TPSA) is 136 Å². The molecule has 4 rings (SSSR count). The number of ether oxygens (including phenoxy) is 2. The second kappa shape index (κ2) is 10.6. The van der Waals surface area contributed by atoms with E-state index in [9.17, 15) is 19.7 Å². The van der Waals surface area contributed by atoms with Gasteiger partial charge in [0.05, 0.1) is 35.7 Å². The molecule has 2 N–H and O–H groups in total. The van der Waals surface area contributed by atoms with E-state index in [-0.39, 0.29) is 17.9 Å². The van der Waals surface area contributed by atoms with Crippen LogP contribution in [0.3, 0.4) is 0 Å². The van der Waals surface area contributed by atoms with E-state index in [4.69, 9.17) is 9.47 Å². The molecule has 10 nitrogen and oxygen atoms in total. The summed E-state index contributed by atoms with van der Waals surface area (Å²) < 4.78 is 10.5. The Morgan fingerprint density at radius 2 is 1.86 bits per heavy atom. The summed E-state index contributed by atoms with van der Waals surface area (Å²) in [6.07, 6.45) is 0. The molecule has 0 spiro atoms. The highest BCUT2D eigenvalue weighted by Crippen LogP contribution is 2.40. The van der Waals surface area contributed by atoms with Crippen LogP contribution < -0.4 is 15.6 Å². The zero-order valence-corrected chi connectivity index (χ0v) is 20.7. The normalized spacial score (nSPS) is 14.6. The largest absolute Gasteiger partial charge is 0.497 e. The maximum Gasteiger partial charge on any atom is 0.336 e. The van der Waals surface area contributed by atoms with Gasteiger partial charge >= 0.3 is 5.97 Å². The Balaban J connectivity index is 1.70. The Morgan fingerprint density at radius 3 is 2.47 bits per heavy atom. The fraction of sp³-hybridized carbons (Fsp3) is 0.240. The summed E-state index contributed by atoms with van der Waals surface area (Å²) in [6.45, 7) is 3.67. The van der Waals surface area contributed by atoms with E-state index in [2.05, 4.69) is 15.3 Å². The smallest absolute Gasteiger partial charge is 0.336 e. The average molecular weight is 509 g/mol. The minimum atomic E-state index is -0.684. The van der Waals surface area contributed by atoms with E-state index in [1.807, 2.05) is 12.1 Å². The van der Waals surface area contributed by atoms with Gasteiger partial charge < -0.3 is 19.8 Å². The van der Waals surface area contributed by atoms with Crippen molar-refractivity contribution in [1.29, 1.82) is 0 Å². The second-order valence-electron chi connectivity index (χ2n) is 7.94. The first kappa shape index (κ1) is 25.0. The number of esters is 1. The third-order valence-electron chi connectivity index (χ3n) is 5.69. The highest BCUT2D eigenvalue weighted by atomic mass is 32.2. The number of nitro groups is 1. The maximum absolute atomic E-state index is 13.3. The summed E-state index contributed by atoms with van der Waals surface area (Å²) in [5, 5.41) is 14.3. The SMILES string of the molecule is CCOC(=O)C1=C(C)Nc2nc(SCc3ccc([N+](=O)[O-])cc3)[nH]c(=O)c2C1c1ccc(OC)cc1. The lowest BCUT2D eigenvalue weighted by atomic mass is 9.82. The molecule has 0 fully saturated rings. The first-order valence-corrected chi connectivity index (χ1v) is 12.1. The van der Waals surface area contributed by atoms with Crippen molar-refractivity contribution >= 4 is 29.2 Å². The molecule has 186 valence electrons. The zero-order valence-electron chi connectivity index (χ0n) is 19.9. The number of thioether (sulfide) groups is 1. The van der Waals surface area contributed by atoms with Crippen LogP contribution in [0.15, 0.2) is 69.8 Å². The first-order valence-electron chi connectivity index (χ1n) is 11.1. The molecule has 0 saturated carbocycles. The lowest BCUT2D eigenvalue weighted by molar-refractivity contribution is -0.384. The highest BCUT2D eigenvalue weighted by Gasteiger charge is 2.36. The van der Waals surface area contributed by atoms with E-state index in [1.54, 1.807) is 45.2 Å². The molecule has 1 aliphatic rings. The number of hydrogen-bond acceptors (Lipinski definition) is 9. The number of benzene rings is 2. The minimum absolute atomic E-state index is 0.0116. The molecule has 2 heterocycles. The van der Waals surface area contributed by atoms with Crippen LogP contribution in [0.5, 0.6) is 5.75 Å². The van der Waals surface area contributed by atoms with Crippen LogP contribution in [0.2, 0.25) is 0 Å². The number of aromatic nitrogens is 2. The standard InChI is InChI=1S/C25H24N4O6S/c1-4-35-24(31)19-14(2)26-22-21(20(19)16-7-11-18(34-3)12-8-16)23(30)28-25(27-22)36-13-15-5-9-17(10-6-15)29(32)33/h5-12,20H,4,13H2,1-3H3,(H2,26,27,28,30). The monoisotopic (exact) mass is 508 g/mol. The molecule has 1 aromatic heterocycles. The fourth-order valence-electron chi connectivity index (χ4n) is 3.97. The van der Waals surface area contributed by atoms with Crippen LogP contribution >= 0.6 is 11.8 Å². The lowest BCUT2D eigenvalue weighted by Crippen LogP contribution is -2.31. The molecule has 1 atom stereocenters. The minimum Gasteiger partial charge on any atom is -0.497 e. The van der Waals surface area contributed by atoms with Crippen LogP contribution in [-0.2, 0) is 15.3 Å². The van der Waals surface area contributed by atoms with Gasteiger partial charge in [-0.1, -0.05) is 36.0 Å². The molecule has 0 amide bonds. The summed E-state index contributed by atoms with van der Waals surface area (Å²) in [6, 6.07) is 13.4. The number of nitrogens with zero attached hydrogens (tertiary/aromatic N) is 2. The number of aromatic amines is 1. The molecular weight excluding hydrogens is 484 g/mol. The van der Waals surface area contributed by atoms with E-state index in [1.165, 1.54) is 23.9 Å². The molecule has 2 aromatic carbocycles. The number of carbonyl (C=O) groups is 1. The number of anilines is 1. The van der Waals surface area contributed by atoms with Crippen molar-refractivity contribution in [2.45, 2.75) is 30.7 Å². The molecule has 36 heavy (non-hydrogen) atoms. The van der Waals surface area contributed by atoms with Gasteiger partial charge in [-0.25, -0.2) is 9.78 Å². The Bertz CT molecular complexity index is 1380.